The number of ether oxygens (including phenoxy) is 1. The monoisotopic (exact) mass is 383 g/mol. The maximum atomic E-state index is 12.5. The maximum Gasteiger partial charge on any atom is 0.246 e. The molecule has 26 heavy (non-hydrogen) atoms. The van der Waals surface area contributed by atoms with Crippen molar-refractivity contribution in [1.82, 2.24) is 9.21 Å². The molecule has 0 aromatic heterocycles. The Labute approximate surface area is 156 Å². The van der Waals surface area contributed by atoms with Gasteiger partial charge >= 0.3 is 0 Å². The Balaban J connectivity index is 2.13. The van der Waals surface area contributed by atoms with E-state index in [9.17, 15) is 13.2 Å². The largest absolute Gasteiger partial charge is 0.495 e. The van der Waals surface area contributed by atoms with E-state index in [1.54, 1.807) is 12.1 Å². The highest BCUT2D eigenvalue weighted by atomic mass is 32.2. The van der Waals surface area contributed by atoms with E-state index in [4.69, 9.17) is 4.74 Å². The van der Waals surface area contributed by atoms with Crippen LogP contribution in [0.5, 0.6) is 5.75 Å². The predicted molar refractivity (Wildman–Crippen MR) is 102 cm³/mol. The lowest BCUT2D eigenvalue weighted by Crippen LogP contribution is -2.42. The zero-order valence-corrected chi connectivity index (χ0v) is 17.0. The van der Waals surface area contributed by atoms with Crippen LogP contribution < -0.4 is 10.1 Å². The number of methoxy groups -OCH3 is 1. The van der Waals surface area contributed by atoms with E-state index in [2.05, 4.69) is 24.1 Å². The first-order chi connectivity index (χ1) is 12.1. The van der Waals surface area contributed by atoms with Crippen LogP contribution in [0.4, 0.5) is 5.69 Å². The highest BCUT2D eigenvalue weighted by molar-refractivity contribution is 7.89. The van der Waals surface area contributed by atoms with Gasteiger partial charge in [0, 0.05) is 32.9 Å². The second kappa shape index (κ2) is 8.37. The molecule has 0 bridgehead atoms. The minimum Gasteiger partial charge on any atom is -0.495 e. The Kier molecular flexibility index (Phi) is 6.65. The first kappa shape index (κ1) is 20.7. The molecule has 0 saturated carbocycles. The Morgan fingerprint density at radius 3 is 2.42 bits per heavy atom. The second-order valence-corrected chi connectivity index (χ2v) is 9.46. The van der Waals surface area contributed by atoms with Crippen molar-refractivity contribution in [2.75, 3.05) is 46.2 Å². The molecule has 1 aromatic carbocycles. The lowest BCUT2D eigenvalue weighted by molar-refractivity contribution is -0.117. The molecular weight excluding hydrogens is 354 g/mol. The summed E-state index contributed by atoms with van der Waals surface area (Å²) in [4.78, 5) is 14.6. The summed E-state index contributed by atoms with van der Waals surface area (Å²) in [5.41, 5.74) is 0.439. The number of nitrogens with zero attached hydrogens (tertiary/aromatic N) is 2. The minimum absolute atomic E-state index is 0.0306. The van der Waals surface area contributed by atoms with Gasteiger partial charge in [0.05, 0.1) is 13.7 Å². The molecule has 1 amide bonds. The second-order valence-electron chi connectivity index (χ2n) is 7.34. The van der Waals surface area contributed by atoms with E-state index in [0.717, 1.165) is 17.4 Å². The number of amides is 1. The topological polar surface area (TPSA) is 79.0 Å². The summed E-state index contributed by atoms with van der Waals surface area (Å²) < 4.78 is 31.2. The minimum atomic E-state index is -3.67. The van der Waals surface area contributed by atoms with Crippen LogP contribution >= 0.6 is 0 Å². The van der Waals surface area contributed by atoms with Crippen LogP contribution in [0.2, 0.25) is 0 Å². The van der Waals surface area contributed by atoms with Gasteiger partial charge in [0.25, 0.3) is 0 Å². The number of piperidine rings is 1. The fourth-order valence-electron chi connectivity index (χ4n) is 3.48. The molecule has 1 aliphatic rings. The normalized spacial score (nSPS) is 21.6. The Morgan fingerprint density at radius 2 is 1.88 bits per heavy atom. The molecule has 1 N–H and O–H groups in total. The molecule has 0 unspecified atom stereocenters. The average Bonchev–Trinajstić information content (AvgIpc) is 2.53. The third kappa shape index (κ3) is 4.96. The van der Waals surface area contributed by atoms with Crippen molar-refractivity contribution in [3.8, 4) is 5.75 Å². The molecule has 1 heterocycles. The third-order valence-corrected chi connectivity index (χ3v) is 6.35. The molecule has 0 spiro atoms. The Bertz CT molecular complexity index is 739. The standard InChI is InChI=1S/C18H29N3O4S/c1-13-8-14(2)11-21(10-13)12-18(22)19-15-6-7-16(25-5)17(9-15)26(23,24)20(3)4/h6-7,9,13-14H,8,10-12H2,1-5H3,(H,19,22)/t13-,14+. The van der Waals surface area contributed by atoms with Crippen LogP contribution in [0, 0.1) is 11.8 Å². The number of likely N-dealkylation sites (tertiary alicyclic amines) is 1. The van der Waals surface area contributed by atoms with Crippen LogP contribution in [-0.2, 0) is 14.8 Å². The molecule has 2 atom stereocenters. The van der Waals surface area contributed by atoms with Gasteiger partial charge in [-0.25, -0.2) is 12.7 Å². The maximum absolute atomic E-state index is 12.5. The Hall–Kier alpha value is -1.64. The van der Waals surface area contributed by atoms with Gasteiger partial charge in [0.15, 0.2) is 0 Å². The lowest BCUT2D eigenvalue weighted by Gasteiger charge is -2.34. The molecular formula is C18H29N3O4S. The van der Waals surface area contributed by atoms with Crippen molar-refractivity contribution >= 4 is 21.6 Å². The van der Waals surface area contributed by atoms with Crippen LogP contribution in [-0.4, -0.2) is 64.4 Å². The predicted octanol–water partition coefficient (Wildman–Crippen LogP) is 1.86. The zero-order valence-electron chi connectivity index (χ0n) is 16.2. The van der Waals surface area contributed by atoms with Crippen LogP contribution in [0.25, 0.3) is 0 Å². The van der Waals surface area contributed by atoms with Gasteiger partial charge in [0.2, 0.25) is 15.9 Å². The quantitative estimate of drug-likeness (QED) is 0.811. The number of nitrogens with one attached hydrogen (secondary N) is 1. The summed E-state index contributed by atoms with van der Waals surface area (Å²) in [6.45, 7) is 6.50. The van der Waals surface area contributed by atoms with Gasteiger partial charge in [0.1, 0.15) is 10.6 Å². The van der Waals surface area contributed by atoms with Gasteiger partial charge in [-0.3, -0.25) is 9.69 Å². The molecule has 7 nitrogen and oxygen atoms in total. The summed E-state index contributed by atoms with van der Waals surface area (Å²) in [7, 11) is 0.659. The molecule has 8 heteroatoms. The van der Waals surface area contributed by atoms with Crippen molar-refractivity contribution in [3.63, 3.8) is 0 Å². The van der Waals surface area contributed by atoms with Crippen molar-refractivity contribution < 1.29 is 17.9 Å². The number of hydrogen-bond donors (Lipinski definition) is 1. The number of carbonyl (C=O) groups excluding carboxylic acids is 1. The van der Waals surface area contributed by atoms with E-state index in [1.807, 2.05) is 0 Å². The average molecular weight is 384 g/mol. The van der Waals surface area contributed by atoms with Gasteiger partial charge in [-0.15, -0.1) is 0 Å². The van der Waals surface area contributed by atoms with Gasteiger partial charge < -0.3 is 10.1 Å². The van der Waals surface area contributed by atoms with E-state index < -0.39 is 10.0 Å². The smallest absolute Gasteiger partial charge is 0.246 e. The summed E-state index contributed by atoms with van der Waals surface area (Å²) in [6, 6.07) is 4.64. The van der Waals surface area contributed by atoms with E-state index >= 15 is 0 Å². The summed E-state index contributed by atoms with van der Waals surface area (Å²) in [5.74, 6) is 1.24. The fourth-order valence-corrected chi connectivity index (χ4v) is 4.55. The Morgan fingerprint density at radius 1 is 1.27 bits per heavy atom. The number of sulfonamides is 1. The van der Waals surface area contributed by atoms with Crippen LogP contribution in [0.3, 0.4) is 0 Å². The van der Waals surface area contributed by atoms with E-state index in [-0.39, 0.29) is 16.6 Å². The summed E-state index contributed by atoms with van der Waals surface area (Å²) in [6.07, 6.45) is 1.18. The molecule has 1 aliphatic heterocycles. The molecule has 146 valence electrons. The number of hydrogen-bond acceptors (Lipinski definition) is 5. The highest BCUT2D eigenvalue weighted by Gasteiger charge is 2.25. The van der Waals surface area contributed by atoms with E-state index in [1.165, 1.54) is 33.7 Å². The molecule has 0 aliphatic carbocycles. The van der Waals surface area contributed by atoms with Crippen molar-refractivity contribution in [1.29, 1.82) is 0 Å². The fraction of sp³-hybridized carbons (Fsp3) is 0.611. The van der Waals surface area contributed by atoms with Crippen molar-refractivity contribution in [2.45, 2.75) is 25.2 Å². The number of benzene rings is 1. The molecule has 1 aromatic rings. The van der Waals surface area contributed by atoms with Crippen molar-refractivity contribution in [2.24, 2.45) is 11.8 Å². The zero-order chi connectivity index (χ0) is 19.5. The number of anilines is 1. The van der Waals surface area contributed by atoms with Gasteiger partial charge in [-0.2, -0.15) is 0 Å². The molecule has 2 rings (SSSR count). The summed E-state index contributed by atoms with van der Waals surface area (Å²) in [5, 5.41) is 2.80. The van der Waals surface area contributed by atoms with E-state index in [0.29, 0.717) is 24.1 Å². The number of rotatable bonds is 6. The van der Waals surface area contributed by atoms with Gasteiger partial charge in [-0.05, 0) is 36.5 Å². The first-order valence-electron chi connectivity index (χ1n) is 8.76. The SMILES string of the molecule is COc1ccc(NC(=O)CN2C[C@H](C)C[C@H](C)C2)cc1S(=O)(=O)N(C)C. The van der Waals surface area contributed by atoms with Gasteiger partial charge in [-0.1, -0.05) is 13.8 Å². The summed E-state index contributed by atoms with van der Waals surface area (Å²) >= 11 is 0. The lowest BCUT2D eigenvalue weighted by atomic mass is 9.92. The highest BCUT2D eigenvalue weighted by Crippen LogP contribution is 2.29. The third-order valence-electron chi connectivity index (χ3n) is 4.52. The van der Waals surface area contributed by atoms with Crippen molar-refractivity contribution in [3.05, 3.63) is 18.2 Å². The first-order valence-corrected chi connectivity index (χ1v) is 10.2. The van der Waals surface area contributed by atoms with Crippen LogP contribution in [0.15, 0.2) is 23.1 Å². The van der Waals surface area contributed by atoms with Crippen LogP contribution in [0.1, 0.15) is 20.3 Å². The molecule has 1 saturated heterocycles. The molecule has 1 fully saturated rings. The molecule has 0 radical (unpaired) electrons. The number of carbonyl (C=O) groups is 1.